The summed E-state index contributed by atoms with van der Waals surface area (Å²) in [7, 11) is -2.26. The van der Waals surface area contributed by atoms with Gasteiger partial charge in [-0.05, 0) is 10.3 Å². The van der Waals surface area contributed by atoms with Crippen molar-refractivity contribution in [2.24, 2.45) is 0 Å². The van der Waals surface area contributed by atoms with Crippen molar-refractivity contribution in [1.29, 1.82) is 0 Å². The maximum Gasteiger partial charge on any atom is 0.200 e. The summed E-state index contributed by atoms with van der Waals surface area (Å²) in [5.41, 5.74) is -7.27. The average Bonchev–Trinajstić information content (AvgIpc) is 2.88. The zero-order valence-electron chi connectivity index (χ0n) is 22.4. The number of rotatable bonds is 4. The molecule has 3 rings (SSSR count). The smallest absolute Gasteiger partial charge is 0.200 e. The quantitative estimate of drug-likeness (QED) is 0.0995. The number of benzene rings is 3. The molecule has 0 aliphatic rings. The van der Waals surface area contributed by atoms with E-state index in [1.165, 1.54) is 41.5 Å². The Morgan fingerprint density at radius 1 is 0.333 bits per heavy atom. The van der Waals surface area contributed by atoms with Gasteiger partial charge >= 0.3 is 0 Å². The summed E-state index contributed by atoms with van der Waals surface area (Å²) in [6.45, 7) is 3.62. The highest BCUT2D eigenvalue weighted by molar-refractivity contribution is 7.68. The Bertz CT molecular complexity index is 1440. The van der Waals surface area contributed by atoms with Crippen LogP contribution in [0.1, 0.15) is 41.5 Å². The molecule has 0 heterocycles. The van der Waals surface area contributed by atoms with Gasteiger partial charge in [-0.15, -0.1) is 16.4 Å². The monoisotopic (exact) mass is 639 g/mol. The van der Waals surface area contributed by atoms with Gasteiger partial charge in [-0.25, -0.2) is 61.5 Å². The van der Waals surface area contributed by atoms with E-state index >= 15 is 17.6 Å². The largest absolute Gasteiger partial charge is 0.207 e. The summed E-state index contributed by atoms with van der Waals surface area (Å²) in [5, 5.41) is -3.44. The van der Waals surface area contributed by atoms with Crippen molar-refractivity contribution in [2.45, 2.75) is 51.9 Å². The second-order valence-corrected chi connectivity index (χ2v) is 15.2. The summed E-state index contributed by atoms with van der Waals surface area (Å²) in [6.07, 6.45) is 0. The second-order valence-electron chi connectivity index (χ2n) is 11.4. The highest BCUT2D eigenvalue weighted by Crippen LogP contribution is 2.59. The van der Waals surface area contributed by atoms with Crippen LogP contribution in [0.2, 0.25) is 0 Å². The van der Waals surface area contributed by atoms with E-state index in [1.807, 2.05) is 0 Å². The van der Waals surface area contributed by atoms with E-state index in [1.54, 1.807) is 0 Å². The molecule has 0 unspecified atom stereocenters. The van der Waals surface area contributed by atoms with Gasteiger partial charge in [0.15, 0.2) is 46.5 Å². The number of hydrogen-bond donors (Lipinski definition) is 0. The molecule has 230 valence electrons. The SMILES string of the molecule is CC(C)(C)P(c1c(F)c(F)c([BH-](c2c(F)c(F)c(F)c(F)c2F)c2c(F)c(F)c(F)c(F)c2F)c(F)c1F)C(C)(C)C. The first kappa shape index (κ1) is 33.7. The Labute approximate surface area is 231 Å². The molecular weight excluding hydrogens is 620 g/mol. The van der Waals surface area contributed by atoms with E-state index in [2.05, 4.69) is 0 Å². The first-order chi connectivity index (χ1) is 19.0. The maximum absolute atomic E-state index is 15.8. The molecule has 0 aromatic heterocycles. The topological polar surface area (TPSA) is 0 Å². The molecule has 0 nitrogen and oxygen atoms in total. The van der Waals surface area contributed by atoms with E-state index in [0.717, 1.165) is 0 Å². The van der Waals surface area contributed by atoms with Gasteiger partial charge in [0, 0.05) is 0 Å². The molecule has 0 amide bonds. The fourth-order valence-corrected chi connectivity index (χ4v) is 9.24. The fraction of sp³-hybridized carbons (Fsp3) is 0.308. The lowest BCUT2D eigenvalue weighted by molar-refractivity contribution is 0.382. The molecule has 0 radical (unpaired) electrons. The molecule has 3 aromatic carbocycles. The third-order valence-corrected chi connectivity index (χ3v) is 10.1. The van der Waals surface area contributed by atoms with Gasteiger partial charge in [-0.2, -0.15) is 0 Å². The Hall–Kier alpha value is -2.83. The average molecular weight is 639 g/mol. The van der Waals surface area contributed by atoms with Crippen LogP contribution in [-0.4, -0.2) is 17.0 Å². The molecule has 0 saturated carbocycles. The lowest BCUT2D eigenvalue weighted by Crippen LogP contribution is -2.61. The van der Waals surface area contributed by atoms with Crippen LogP contribution in [0.15, 0.2) is 0 Å². The van der Waals surface area contributed by atoms with E-state index in [-0.39, 0.29) is 0 Å². The van der Waals surface area contributed by atoms with Gasteiger partial charge in [-0.3, -0.25) is 0 Å². The lowest BCUT2D eigenvalue weighted by atomic mass is 9.36. The van der Waals surface area contributed by atoms with Crippen molar-refractivity contribution in [3.63, 3.8) is 0 Å². The van der Waals surface area contributed by atoms with Crippen LogP contribution < -0.4 is 21.7 Å². The summed E-state index contributed by atoms with van der Waals surface area (Å²) >= 11 is 0. The van der Waals surface area contributed by atoms with Gasteiger partial charge in [0.1, 0.15) is 34.9 Å². The fourth-order valence-electron chi connectivity index (χ4n) is 5.30. The highest BCUT2D eigenvalue weighted by Gasteiger charge is 2.43. The Kier molecular flexibility index (Phi) is 8.84. The summed E-state index contributed by atoms with van der Waals surface area (Å²) in [6, 6.07) is 0. The summed E-state index contributed by atoms with van der Waals surface area (Å²) < 4.78 is 207. The molecule has 0 N–H and O–H groups in total. The predicted octanol–water partition coefficient (Wildman–Crippen LogP) is 6.59. The molecule has 16 heteroatoms. The standard InChI is InChI=1S/C26H19BF14P/c1-25(2,3)42(26(4,5)6)24-22(40)14(32)9(15(33)23(24)41)27(7-10(28)16(34)20(38)17(35)11(7)29)8-12(30)18(36)21(39)19(37)13(8)31/h27H,1-6H3/q-1. The van der Waals surface area contributed by atoms with E-state index in [0.29, 0.717) is 0 Å². The molecule has 0 atom stereocenters. The molecule has 0 bridgehead atoms. The Morgan fingerprint density at radius 3 is 0.738 bits per heavy atom. The van der Waals surface area contributed by atoms with Crippen LogP contribution >= 0.6 is 7.92 Å². The normalized spacial score (nSPS) is 12.7. The zero-order chi connectivity index (χ0) is 32.5. The molecule has 0 aliphatic heterocycles. The van der Waals surface area contributed by atoms with Crippen molar-refractivity contribution in [1.82, 2.24) is 0 Å². The van der Waals surface area contributed by atoms with Crippen molar-refractivity contribution < 1.29 is 61.5 Å². The molecular formula is C26H19BF14P-. The highest BCUT2D eigenvalue weighted by atomic mass is 31.1. The van der Waals surface area contributed by atoms with Crippen molar-refractivity contribution >= 4 is 36.3 Å². The number of hydrogen-bond acceptors (Lipinski definition) is 0. The molecule has 0 fully saturated rings. The lowest BCUT2D eigenvalue weighted by Gasteiger charge is -2.42. The molecule has 3 aromatic rings. The van der Waals surface area contributed by atoms with Crippen LogP contribution in [0, 0.1) is 81.4 Å². The van der Waals surface area contributed by atoms with Gasteiger partial charge in [0.25, 0.3) is 0 Å². The van der Waals surface area contributed by atoms with E-state index in [9.17, 15) is 43.9 Å². The maximum atomic E-state index is 15.8. The predicted molar refractivity (Wildman–Crippen MR) is 131 cm³/mol. The van der Waals surface area contributed by atoms with Crippen LogP contribution in [0.4, 0.5) is 61.5 Å². The van der Waals surface area contributed by atoms with Crippen molar-refractivity contribution in [3.8, 4) is 0 Å². The molecule has 42 heavy (non-hydrogen) atoms. The van der Waals surface area contributed by atoms with Crippen molar-refractivity contribution in [3.05, 3.63) is 81.4 Å². The van der Waals surface area contributed by atoms with Crippen LogP contribution in [0.3, 0.4) is 0 Å². The van der Waals surface area contributed by atoms with Crippen LogP contribution in [0.5, 0.6) is 0 Å². The van der Waals surface area contributed by atoms with Gasteiger partial charge in [-0.1, -0.05) is 49.5 Å². The van der Waals surface area contributed by atoms with Crippen LogP contribution in [0.25, 0.3) is 0 Å². The minimum atomic E-state index is -5.07. The molecule has 0 spiro atoms. The van der Waals surface area contributed by atoms with Gasteiger partial charge in [0.05, 0.1) is 12.0 Å². The first-order valence-corrected chi connectivity index (χ1v) is 13.2. The Morgan fingerprint density at radius 2 is 0.524 bits per heavy atom. The Balaban J connectivity index is 2.68. The van der Waals surface area contributed by atoms with Gasteiger partial charge in [0.2, 0.25) is 0 Å². The molecule has 0 saturated heterocycles. The van der Waals surface area contributed by atoms with E-state index < -0.39 is 128 Å². The second kappa shape index (κ2) is 11.0. The third kappa shape index (κ3) is 5.15. The molecule has 0 aliphatic carbocycles. The number of halogens is 14. The minimum absolute atomic E-state index is 1.11. The van der Waals surface area contributed by atoms with Gasteiger partial charge < -0.3 is 0 Å². The van der Waals surface area contributed by atoms with Crippen molar-refractivity contribution in [2.75, 3.05) is 0 Å². The third-order valence-electron chi connectivity index (χ3n) is 6.56. The zero-order valence-corrected chi connectivity index (χ0v) is 23.3. The summed E-state index contributed by atoms with van der Waals surface area (Å²) in [4.78, 5) is 0. The summed E-state index contributed by atoms with van der Waals surface area (Å²) in [5.74, 6) is -38.8. The van der Waals surface area contributed by atoms with E-state index in [4.69, 9.17) is 0 Å². The van der Waals surface area contributed by atoms with Crippen LogP contribution in [-0.2, 0) is 0 Å². The minimum Gasteiger partial charge on any atom is -0.207 e. The first-order valence-electron chi connectivity index (χ1n) is 11.9.